The van der Waals surface area contributed by atoms with Gasteiger partial charge in [-0.25, -0.2) is 18.6 Å². The molecular weight excluding hydrogens is 440 g/mol. The minimum atomic E-state index is -1.06. The highest BCUT2D eigenvalue weighted by atomic mass is 19.2. The molecule has 0 fully saturated rings. The highest BCUT2D eigenvalue weighted by Crippen LogP contribution is 2.22. The van der Waals surface area contributed by atoms with Crippen molar-refractivity contribution in [1.82, 2.24) is 15.2 Å². The van der Waals surface area contributed by atoms with Gasteiger partial charge in [0.2, 0.25) is 5.88 Å². The molecule has 2 heterocycles. The van der Waals surface area contributed by atoms with Crippen LogP contribution in [-0.2, 0) is 0 Å². The maximum atomic E-state index is 13.3. The van der Waals surface area contributed by atoms with Crippen molar-refractivity contribution in [3.8, 4) is 11.6 Å². The molecule has 0 aliphatic heterocycles. The van der Waals surface area contributed by atoms with Gasteiger partial charge >= 0.3 is 23.8 Å². The van der Waals surface area contributed by atoms with Crippen molar-refractivity contribution in [1.29, 1.82) is 0 Å². The molecule has 33 heavy (non-hydrogen) atoms. The Kier molecular flexibility index (Phi) is 5.89. The van der Waals surface area contributed by atoms with Gasteiger partial charge in [0.25, 0.3) is 0 Å². The van der Waals surface area contributed by atoms with Crippen LogP contribution in [0.1, 0.15) is 21.0 Å². The largest absolute Gasteiger partial charge is 0.478 e. The minimum Gasteiger partial charge on any atom is -0.478 e. The van der Waals surface area contributed by atoms with Crippen molar-refractivity contribution in [2.24, 2.45) is 0 Å². The Bertz CT molecular complexity index is 1310. The number of aromatic nitrogens is 3. The van der Waals surface area contributed by atoms with E-state index in [-0.39, 0.29) is 29.0 Å². The topological polar surface area (TPSA) is 139 Å². The summed E-state index contributed by atoms with van der Waals surface area (Å²) < 4.78 is 37.0. The van der Waals surface area contributed by atoms with Gasteiger partial charge in [0.05, 0.1) is 17.4 Å². The lowest BCUT2D eigenvalue weighted by molar-refractivity contribution is 0.0696. The third-order valence-corrected chi connectivity index (χ3v) is 4.11. The first-order valence-corrected chi connectivity index (χ1v) is 9.21. The predicted molar refractivity (Wildman–Crippen MR) is 110 cm³/mol. The van der Waals surface area contributed by atoms with Crippen molar-refractivity contribution in [2.75, 3.05) is 10.6 Å². The number of carboxylic acids is 1. The number of pyridine rings is 1. The van der Waals surface area contributed by atoms with E-state index in [1.807, 2.05) is 0 Å². The standard InChI is InChI=1S/C21H13F2N5O5/c22-15-7-3-12(9-16(15)23)26-21-28-27-19(33-21)18(29)25-13-4-8-17(24-10-13)32-14-5-1-11(2-6-14)20(30)31/h1-10H,(H,25,29)(H,26,28)(H,30,31). The van der Waals surface area contributed by atoms with Crippen molar-refractivity contribution in [3.05, 3.63) is 83.9 Å². The van der Waals surface area contributed by atoms with Gasteiger partial charge in [0.15, 0.2) is 11.6 Å². The molecule has 0 radical (unpaired) electrons. The number of nitrogens with zero attached hydrogens (tertiary/aromatic N) is 3. The second kappa shape index (κ2) is 9.09. The third kappa shape index (κ3) is 5.25. The number of carbonyl (C=O) groups excluding carboxylic acids is 1. The Labute approximate surface area is 183 Å². The molecule has 0 spiro atoms. The monoisotopic (exact) mass is 453 g/mol. The fraction of sp³-hybridized carbons (Fsp3) is 0. The van der Waals surface area contributed by atoms with E-state index >= 15 is 0 Å². The van der Waals surface area contributed by atoms with Crippen LogP contribution in [-0.4, -0.2) is 32.2 Å². The van der Waals surface area contributed by atoms with Gasteiger partial charge < -0.3 is 24.9 Å². The Balaban J connectivity index is 1.35. The molecule has 4 rings (SSSR count). The molecule has 0 saturated carbocycles. The average Bonchev–Trinajstić information content (AvgIpc) is 3.27. The lowest BCUT2D eigenvalue weighted by Crippen LogP contribution is -2.12. The predicted octanol–water partition coefficient (Wildman–Crippen LogP) is 4.23. The smallest absolute Gasteiger partial charge is 0.335 e. The maximum absolute atomic E-state index is 13.3. The van der Waals surface area contributed by atoms with Gasteiger partial charge in [-0.2, -0.15) is 0 Å². The molecule has 0 aliphatic rings. The molecule has 166 valence electrons. The van der Waals surface area contributed by atoms with Gasteiger partial charge in [-0.05, 0) is 42.5 Å². The molecule has 0 aliphatic carbocycles. The Morgan fingerprint density at radius 2 is 1.70 bits per heavy atom. The van der Waals surface area contributed by atoms with Gasteiger partial charge in [0.1, 0.15) is 5.75 Å². The SMILES string of the molecule is O=C(O)c1ccc(Oc2ccc(NC(=O)c3nnc(Nc4ccc(F)c(F)c4)o3)cn2)cc1. The van der Waals surface area contributed by atoms with E-state index in [0.29, 0.717) is 11.4 Å². The molecule has 4 aromatic rings. The van der Waals surface area contributed by atoms with Gasteiger partial charge in [-0.3, -0.25) is 4.79 Å². The zero-order valence-electron chi connectivity index (χ0n) is 16.5. The molecule has 0 unspecified atom stereocenters. The number of hydrogen-bond donors (Lipinski definition) is 3. The van der Waals surface area contributed by atoms with Crippen LogP contribution >= 0.6 is 0 Å². The summed E-state index contributed by atoms with van der Waals surface area (Å²) in [6.45, 7) is 0. The molecule has 3 N–H and O–H groups in total. The number of benzene rings is 2. The highest BCUT2D eigenvalue weighted by molar-refractivity contribution is 6.00. The molecule has 0 bridgehead atoms. The summed E-state index contributed by atoms with van der Waals surface area (Å²) in [5.41, 5.74) is 0.585. The van der Waals surface area contributed by atoms with Crippen LogP contribution in [0.5, 0.6) is 11.6 Å². The van der Waals surface area contributed by atoms with E-state index < -0.39 is 23.5 Å². The van der Waals surface area contributed by atoms with Crippen molar-refractivity contribution < 1.29 is 32.6 Å². The number of aromatic carboxylic acids is 1. The first-order chi connectivity index (χ1) is 15.9. The van der Waals surface area contributed by atoms with Crippen LogP contribution in [0.15, 0.2) is 65.2 Å². The van der Waals surface area contributed by atoms with Gasteiger partial charge in [0, 0.05) is 17.8 Å². The summed E-state index contributed by atoms with van der Waals surface area (Å²) in [5.74, 6) is -3.61. The normalized spacial score (nSPS) is 10.5. The van der Waals surface area contributed by atoms with Gasteiger partial charge in [-0.1, -0.05) is 5.10 Å². The number of nitrogens with one attached hydrogen (secondary N) is 2. The zero-order valence-corrected chi connectivity index (χ0v) is 16.5. The third-order valence-electron chi connectivity index (χ3n) is 4.11. The summed E-state index contributed by atoms with van der Waals surface area (Å²) in [6, 6.07) is 11.7. The molecule has 0 atom stereocenters. The molecule has 0 saturated heterocycles. The fourth-order valence-electron chi connectivity index (χ4n) is 2.55. The van der Waals surface area contributed by atoms with E-state index in [9.17, 15) is 18.4 Å². The van der Waals surface area contributed by atoms with Gasteiger partial charge in [-0.15, -0.1) is 5.10 Å². The van der Waals surface area contributed by atoms with Crippen LogP contribution in [0.3, 0.4) is 0 Å². The molecule has 1 amide bonds. The number of hydrogen-bond acceptors (Lipinski definition) is 8. The van der Waals surface area contributed by atoms with E-state index in [1.54, 1.807) is 0 Å². The molecular formula is C21H13F2N5O5. The van der Waals surface area contributed by atoms with E-state index in [1.165, 1.54) is 48.7 Å². The lowest BCUT2D eigenvalue weighted by atomic mass is 10.2. The van der Waals surface area contributed by atoms with E-state index in [2.05, 4.69) is 25.8 Å². The highest BCUT2D eigenvalue weighted by Gasteiger charge is 2.16. The summed E-state index contributed by atoms with van der Waals surface area (Å²) in [7, 11) is 0. The zero-order chi connectivity index (χ0) is 23.4. The van der Waals surface area contributed by atoms with Crippen LogP contribution in [0.2, 0.25) is 0 Å². The molecule has 10 nitrogen and oxygen atoms in total. The fourth-order valence-corrected chi connectivity index (χ4v) is 2.55. The van der Waals surface area contributed by atoms with Crippen LogP contribution in [0.4, 0.5) is 26.2 Å². The number of carboxylic acid groups (broad SMARTS) is 1. The number of rotatable bonds is 7. The Morgan fingerprint density at radius 1 is 0.939 bits per heavy atom. The number of anilines is 3. The second-order valence-electron chi connectivity index (χ2n) is 6.44. The Hall–Kier alpha value is -4.87. The minimum absolute atomic E-state index is 0.123. The van der Waals surface area contributed by atoms with Crippen LogP contribution in [0.25, 0.3) is 0 Å². The van der Waals surface area contributed by atoms with E-state index in [4.69, 9.17) is 14.3 Å². The summed E-state index contributed by atoms with van der Waals surface area (Å²) in [4.78, 5) is 27.2. The summed E-state index contributed by atoms with van der Waals surface area (Å²) in [5, 5.41) is 21.2. The van der Waals surface area contributed by atoms with Crippen molar-refractivity contribution >= 4 is 29.3 Å². The van der Waals surface area contributed by atoms with E-state index in [0.717, 1.165) is 12.1 Å². The average molecular weight is 453 g/mol. The van der Waals surface area contributed by atoms with Crippen LogP contribution < -0.4 is 15.4 Å². The summed E-state index contributed by atoms with van der Waals surface area (Å²) >= 11 is 0. The molecule has 2 aromatic carbocycles. The second-order valence-corrected chi connectivity index (χ2v) is 6.44. The number of halogens is 2. The summed E-state index contributed by atoms with van der Waals surface area (Å²) in [6.07, 6.45) is 1.33. The van der Waals surface area contributed by atoms with Crippen molar-refractivity contribution in [2.45, 2.75) is 0 Å². The maximum Gasteiger partial charge on any atom is 0.335 e. The lowest BCUT2D eigenvalue weighted by Gasteiger charge is -2.06. The van der Waals surface area contributed by atoms with Crippen molar-refractivity contribution in [3.63, 3.8) is 0 Å². The first kappa shape index (κ1) is 21.4. The quantitative estimate of drug-likeness (QED) is 0.375. The number of ether oxygens (including phenoxy) is 1. The van der Waals surface area contributed by atoms with Crippen LogP contribution in [0, 0.1) is 11.6 Å². The first-order valence-electron chi connectivity index (χ1n) is 9.21. The number of carbonyl (C=O) groups is 2. The molecule has 12 heteroatoms. The Morgan fingerprint density at radius 3 is 2.36 bits per heavy atom. The number of amides is 1. The molecule has 2 aromatic heterocycles.